The average Bonchev–Trinajstić information content (AvgIpc) is 3.12. The van der Waals surface area contributed by atoms with E-state index in [2.05, 4.69) is 5.10 Å². The number of halogens is 3. The van der Waals surface area contributed by atoms with Crippen LogP contribution in [0.4, 0.5) is 11.4 Å². The Morgan fingerprint density at radius 3 is 2.17 bits per heavy atom. The van der Waals surface area contributed by atoms with Crippen molar-refractivity contribution in [2.45, 2.75) is 13.1 Å². The van der Waals surface area contributed by atoms with Gasteiger partial charge in [0, 0.05) is 17.6 Å². The summed E-state index contributed by atoms with van der Waals surface area (Å²) in [6.07, 6.45) is -0.397. The minimum Gasteiger partial charge on any atom is -0.295 e. The molecular weight excluding hydrogens is 429 g/mol. The fraction of sp³-hybridized carbons (Fsp3) is 0.0909. The summed E-state index contributed by atoms with van der Waals surface area (Å²) in [4.78, 5) is 14.4. The number of nitrogens with zero attached hydrogens (tertiary/aromatic N) is 3. The monoisotopic (exact) mass is 443 g/mol. The smallest absolute Gasteiger partial charge is 0.198 e. The van der Waals surface area contributed by atoms with E-state index < -0.39 is 6.17 Å². The predicted octanol–water partition coefficient (Wildman–Crippen LogP) is 6.57. The first kappa shape index (κ1) is 19.8. The van der Waals surface area contributed by atoms with Crippen molar-refractivity contribution < 1.29 is 4.79 Å². The molecule has 0 saturated carbocycles. The second-order valence-electron chi connectivity index (χ2n) is 6.55. The fourth-order valence-corrected chi connectivity index (χ4v) is 3.69. The second kappa shape index (κ2) is 8.07. The Labute approximate surface area is 183 Å². The number of hydrogen-bond acceptors (Lipinski definition) is 4. The molecule has 0 unspecified atom stereocenters. The van der Waals surface area contributed by atoms with Gasteiger partial charge in [-0.1, -0.05) is 65.1 Å². The summed E-state index contributed by atoms with van der Waals surface area (Å²) < 4.78 is 0. The molecule has 0 fully saturated rings. The van der Waals surface area contributed by atoms with E-state index in [1.807, 2.05) is 70.6 Å². The van der Waals surface area contributed by atoms with Crippen molar-refractivity contribution in [3.8, 4) is 0 Å². The summed E-state index contributed by atoms with van der Waals surface area (Å²) in [7, 11) is 0. The van der Waals surface area contributed by atoms with Gasteiger partial charge >= 0.3 is 0 Å². The number of amidine groups is 1. The molecule has 1 aliphatic rings. The number of benzene rings is 3. The molecule has 0 spiro atoms. The summed E-state index contributed by atoms with van der Waals surface area (Å²) in [6.45, 7) is 1.50. The Morgan fingerprint density at radius 1 is 0.862 bits per heavy atom. The van der Waals surface area contributed by atoms with Gasteiger partial charge in [0.1, 0.15) is 0 Å². The number of para-hydroxylation sites is 1. The topological polar surface area (TPSA) is 35.9 Å². The van der Waals surface area contributed by atoms with Crippen LogP contribution in [0.5, 0.6) is 0 Å². The lowest BCUT2D eigenvalue weighted by Crippen LogP contribution is -2.37. The summed E-state index contributed by atoms with van der Waals surface area (Å²) in [5, 5.41) is 7.96. The van der Waals surface area contributed by atoms with Gasteiger partial charge in [0.15, 0.2) is 17.8 Å². The highest BCUT2D eigenvalue weighted by Crippen LogP contribution is 2.40. The van der Waals surface area contributed by atoms with E-state index in [1.54, 1.807) is 12.1 Å². The molecule has 29 heavy (non-hydrogen) atoms. The highest BCUT2D eigenvalue weighted by atomic mass is 35.5. The van der Waals surface area contributed by atoms with Crippen LogP contribution in [0.1, 0.15) is 18.7 Å². The first-order chi connectivity index (χ1) is 14.0. The number of carbonyl (C=O) groups is 1. The molecular formula is C22H16Cl3N3O. The van der Waals surface area contributed by atoms with Gasteiger partial charge in [-0.25, -0.2) is 5.01 Å². The van der Waals surface area contributed by atoms with Gasteiger partial charge in [-0.2, -0.15) is 0 Å². The van der Waals surface area contributed by atoms with Crippen LogP contribution in [-0.4, -0.2) is 11.6 Å². The molecule has 3 aromatic rings. The van der Waals surface area contributed by atoms with Crippen LogP contribution >= 0.6 is 34.8 Å². The Hall–Kier alpha value is -2.53. The molecule has 0 amide bonds. The molecule has 0 aliphatic carbocycles. The van der Waals surface area contributed by atoms with Gasteiger partial charge in [0.25, 0.3) is 0 Å². The van der Waals surface area contributed by atoms with Crippen LogP contribution in [0.2, 0.25) is 15.1 Å². The molecule has 0 aromatic heterocycles. The van der Waals surface area contributed by atoms with Crippen molar-refractivity contribution in [2.75, 3.05) is 9.91 Å². The molecule has 1 atom stereocenters. The molecule has 0 saturated heterocycles. The maximum atomic E-state index is 12.5. The number of rotatable bonds is 4. The molecule has 0 bridgehead atoms. The van der Waals surface area contributed by atoms with Crippen LogP contribution in [0, 0.1) is 0 Å². The largest absolute Gasteiger partial charge is 0.295 e. The molecule has 7 heteroatoms. The quantitative estimate of drug-likeness (QED) is 0.456. The molecule has 0 N–H and O–H groups in total. The normalized spacial score (nSPS) is 16.1. The average molecular weight is 445 g/mol. The predicted molar refractivity (Wildman–Crippen MR) is 120 cm³/mol. The Bertz CT molecular complexity index is 1080. The highest BCUT2D eigenvalue weighted by Gasteiger charge is 2.39. The number of carbonyl (C=O) groups excluding carboxylic acids is 1. The standard InChI is InChI=1S/C22H16Cl3N3O/c1-14(29)21-26-28(17-5-3-2-4-6-17)22(15-7-9-16(23)10-8-15)27(21)18-11-12-19(24)20(25)13-18/h2-13,22H,1H3/t22-/m1/s1. The number of hydrazone groups is 1. The third-order valence-corrected chi connectivity index (χ3v) is 5.58. The van der Waals surface area contributed by atoms with Crippen molar-refractivity contribution in [3.63, 3.8) is 0 Å². The third-order valence-electron chi connectivity index (χ3n) is 4.59. The zero-order valence-corrected chi connectivity index (χ0v) is 17.7. The van der Waals surface area contributed by atoms with Crippen LogP contribution in [-0.2, 0) is 4.79 Å². The fourth-order valence-electron chi connectivity index (χ4n) is 3.27. The van der Waals surface area contributed by atoms with Gasteiger partial charge in [0.2, 0.25) is 0 Å². The van der Waals surface area contributed by atoms with Gasteiger partial charge in [-0.3, -0.25) is 9.69 Å². The van der Waals surface area contributed by atoms with E-state index in [9.17, 15) is 4.79 Å². The van der Waals surface area contributed by atoms with Gasteiger partial charge < -0.3 is 0 Å². The van der Waals surface area contributed by atoms with E-state index in [1.165, 1.54) is 6.92 Å². The summed E-state index contributed by atoms with van der Waals surface area (Å²) in [6, 6.07) is 22.4. The summed E-state index contributed by atoms with van der Waals surface area (Å²) in [5.41, 5.74) is 2.49. The van der Waals surface area contributed by atoms with E-state index in [4.69, 9.17) is 34.8 Å². The van der Waals surface area contributed by atoms with Crippen LogP contribution in [0.25, 0.3) is 0 Å². The van der Waals surface area contributed by atoms with Crippen molar-refractivity contribution in [1.29, 1.82) is 0 Å². The summed E-state index contributed by atoms with van der Waals surface area (Å²) >= 11 is 18.5. The molecule has 1 heterocycles. The lowest BCUT2D eigenvalue weighted by atomic mass is 10.1. The first-order valence-electron chi connectivity index (χ1n) is 8.89. The SMILES string of the molecule is CC(=O)C1=NN(c2ccccc2)[C@H](c2ccc(Cl)cc2)N1c1ccc(Cl)c(Cl)c1. The third kappa shape index (κ3) is 3.84. The molecule has 3 aromatic carbocycles. The maximum absolute atomic E-state index is 12.5. The van der Waals surface area contributed by atoms with Crippen LogP contribution in [0.3, 0.4) is 0 Å². The van der Waals surface area contributed by atoms with Crippen LogP contribution in [0.15, 0.2) is 77.9 Å². The Morgan fingerprint density at radius 2 is 1.55 bits per heavy atom. The van der Waals surface area contributed by atoms with Gasteiger partial charge in [0.05, 0.1) is 15.7 Å². The number of Topliss-reactive ketones (excluding diaryl/α,β-unsaturated/α-hetero) is 1. The minimum atomic E-state index is -0.397. The zero-order chi connectivity index (χ0) is 20.5. The Kier molecular flexibility index (Phi) is 5.50. The summed E-state index contributed by atoms with van der Waals surface area (Å²) in [5.74, 6) is 0.153. The maximum Gasteiger partial charge on any atom is 0.198 e. The van der Waals surface area contributed by atoms with Gasteiger partial charge in [-0.05, 0) is 48.0 Å². The van der Waals surface area contributed by atoms with E-state index in [0.717, 1.165) is 11.3 Å². The van der Waals surface area contributed by atoms with Crippen molar-refractivity contribution in [1.82, 2.24) is 0 Å². The van der Waals surface area contributed by atoms with E-state index in [-0.39, 0.29) is 5.78 Å². The zero-order valence-electron chi connectivity index (χ0n) is 15.4. The molecule has 4 rings (SSSR count). The van der Waals surface area contributed by atoms with Crippen molar-refractivity contribution in [2.24, 2.45) is 5.10 Å². The first-order valence-corrected chi connectivity index (χ1v) is 10.0. The molecule has 146 valence electrons. The van der Waals surface area contributed by atoms with E-state index in [0.29, 0.717) is 26.6 Å². The molecule has 0 radical (unpaired) electrons. The minimum absolute atomic E-state index is 0.159. The van der Waals surface area contributed by atoms with Crippen molar-refractivity contribution >= 4 is 57.8 Å². The lowest BCUT2D eigenvalue weighted by Gasteiger charge is -2.32. The lowest BCUT2D eigenvalue weighted by molar-refractivity contribution is -0.111. The molecule has 4 nitrogen and oxygen atoms in total. The molecule has 1 aliphatic heterocycles. The van der Waals surface area contributed by atoms with Crippen LogP contribution < -0.4 is 9.91 Å². The van der Waals surface area contributed by atoms with Gasteiger partial charge in [-0.15, -0.1) is 5.10 Å². The number of ketones is 1. The number of hydrogen-bond donors (Lipinski definition) is 0. The highest BCUT2D eigenvalue weighted by molar-refractivity contribution is 6.45. The number of anilines is 2. The van der Waals surface area contributed by atoms with E-state index >= 15 is 0 Å². The van der Waals surface area contributed by atoms with Crippen molar-refractivity contribution in [3.05, 3.63) is 93.4 Å². The Balaban J connectivity index is 1.91. The second-order valence-corrected chi connectivity index (χ2v) is 7.80.